The minimum Gasteiger partial charge on any atom is -0.494 e. The van der Waals surface area contributed by atoms with Gasteiger partial charge >= 0.3 is 6.18 Å². The van der Waals surface area contributed by atoms with Gasteiger partial charge in [-0.1, -0.05) is 0 Å². The van der Waals surface area contributed by atoms with Crippen LogP contribution in [0.5, 0.6) is 5.75 Å². The van der Waals surface area contributed by atoms with Crippen LogP contribution in [-0.2, 0) is 10.0 Å². The number of hydrogen-bond acceptors (Lipinski definition) is 5. The molecule has 0 bridgehead atoms. The van der Waals surface area contributed by atoms with Crippen LogP contribution >= 0.6 is 0 Å². The SMILES string of the molecule is CCOc1ccc(NS(=O)(=O)c2ccc3[nH]c(=O)cc(C(=O)NCC(F)(F)F)c3c2)cc1. The van der Waals surface area contributed by atoms with Gasteiger partial charge in [-0.15, -0.1) is 0 Å². The van der Waals surface area contributed by atoms with Crippen LogP contribution in [0.25, 0.3) is 10.9 Å². The van der Waals surface area contributed by atoms with Gasteiger partial charge in [0.1, 0.15) is 12.3 Å². The molecule has 3 N–H and O–H groups in total. The monoisotopic (exact) mass is 469 g/mol. The molecule has 0 atom stereocenters. The van der Waals surface area contributed by atoms with Gasteiger partial charge in [-0.3, -0.25) is 14.3 Å². The number of benzene rings is 2. The number of alkyl halides is 3. The van der Waals surface area contributed by atoms with Gasteiger partial charge in [-0.2, -0.15) is 13.2 Å². The zero-order chi connectivity index (χ0) is 23.5. The number of amides is 1. The Kier molecular flexibility index (Phi) is 6.44. The molecular formula is C20H18F3N3O5S. The van der Waals surface area contributed by atoms with Crippen LogP contribution in [0.2, 0.25) is 0 Å². The van der Waals surface area contributed by atoms with Crippen molar-refractivity contribution in [2.75, 3.05) is 17.9 Å². The highest BCUT2D eigenvalue weighted by molar-refractivity contribution is 7.92. The summed E-state index contributed by atoms with van der Waals surface area (Å²) in [6.45, 7) is 0.655. The normalized spacial score (nSPS) is 11.9. The third kappa shape index (κ3) is 5.58. The molecule has 0 aliphatic rings. The largest absolute Gasteiger partial charge is 0.494 e. The molecule has 0 fully saturated rings. The maximum atomic E-state index is 12.8. The second-order valence-electron chi connectivity index (χ2n) is 6.62. The molecule has 32 heavy (non-hydrogen) atoms. The number of pyridine rings is 1. The van der Waals surface area contributed by atoms with E-state index < -0.39 is 34.2 Å². The predicted octanol–water partition coefficient (Wildman–Crippen LogP) is 3.02. The molecule has 0 radical (unpaired) electrons. The van der Waals surface area contributed by atoms with Gasteiger partial charge < -0.3 is 15.0 Å². The Hall–Kier alpha value is -3.54. The third-order valence-electron chi connectivity index (χ3n) is 4.24. The number of hydrogen-bond donors (Lipinski definition) is 3. The zero-order valence-electron chi connectivity index (χ0n) is 16.6. The van der Waals surface area contributed by atoms with E-state index in [4.69, 9.17) is 4.74 Å². The van der Waals surface area contributed by atoms with Crippen LogP contribution in [0.1, 0.15) is 17.3 Å². The minimum atomic E-state index is -4.65. The van der Waals surface area contributed by atoms with E-state index in [1.807, 2.05) is 0 Å². The van der Waals surface area contributed by atoms with Crippen molar-refractivity contribution in [2.45, 2.75) is 18.0 Å². The Balaban J connectivity index is 1.96. The summed E-state index contributed by atoms with van der Waals surface area (Å²) in [5, 5.41) is 1.65. The second kappa shape index (κ2) is 8.91. The molecule has 0 unspecified atom stereocenters. The van der Waals surface area contributed by atoms with Crippen molar-refractivity contribution in [3.63, 3.8) is 0 Å². The summed E-state index contributed by atoms with van der Waals surface area (Å²) < 4.78 is 70.6. The lowest BCUT2D eigenvalue weighted by Crippen LogP contribution is -2.34. The standard InChI is InChI=1S/C20H18F3N3O5S/c1-2-31-13-5-3-12(4-6-13)26-32(29,30)14-7-8-17-15(9-14)16(10-18(27)25-17)19(28)24-11-20(21,22)23/h3-10,26H,2,11H2,1H3,(H,24,28)(H,25,27). The quantitative estimate of drug-likeness (QED) is 0.492. The van der Waals surface area contributed by atoms with E-state index in [0.29, 0.717) is 12.4 Å². The van der Waals surface area contributed by atoms with Crippen LogP contribution in [0.15, 0.2) is 58.2 Å². The molecule has 170 valence electrons. The fraction of sp³-hybridized carbons (Fsp3) is 0.200. The number of H-pyrrole nitrogens is 1. The molecule has 0 spiro atoms. The highest BCUT2D eigenvalue weighted by Gasteiger charge is 2.28. The topological polar surface area (TPSA) is 117 Å². The zero-order valence-corrected chi connectivity index (χ0v) is 17.4. The van der Waals surface area contributed by atoms with E-state index in [1.54, 1.807) is 24.4 Å². The number of sulfonamides is 1. The summed E-state index contributed by atoms with van der Waals surface area (Å²) in [5.74, 6) is -0.605. The minimum absolute atomic E-state index is 0.0288. The number of halogens is 3. The molecule has 2 aromatic carbocycles. The average molecular weight is 469 g/mol. The van der Waals surface area contributed by atoms with Crippen molar-refractivity contribution in [3.8, 4) is 5.75 Å². The van der Waals surface area contributed by atoms with E-state index in [9.17, 15) is 31.2 Å². The van der Waals surface area contributed by atoms with Crippen LogP contribution in [0.4, 0.5) is 18.9 Å². The molecule has 8 nitrogen and oxygen atoms in total. The molecule has 1 aromatic heterocycles. The van der Waals surface area contributed by atoms with E-state index in [-0.39, 0.29) is 27.0 Å². The lowest BCUT2D eigenvalue weighted by atomic mass is 10.1. The lowest BCUT2D eigenvalue weighted by molar-refractivity contribution is -0.123. The molecule has 3 aromatic rings. The predicted molar refractivity (Wildman–Crippen MR) is 111 cm³/mol. The fourth-order valence-corrected chi connectivity index (χ4v) is 3.95. The van der Waals surface area contributed by atoms with Crippen molar-refractivity contribution in [1.29, 1.82) is 0 Å². The number of carbonyl (C=O) groups is 1. The Morgan fingerprint density at radius 2 is 1.78 bits per heavy atom. The Morgan fingerprint density at radius 3 is 2.41 bits per heavy atom. The molecule has 0 aliphatic heterocycles. The molecule has 1 heterocycles. The van der Waals surface area contributed by atoms with E-state index in [1.165, 1.54) is 24.3 Å². The number of aromatic amines is 1. The molecule has 0 saturated carbocycles. The summed E-state index contributed by atoms with van der Waals surface area (Å²) in [7, 11) is -4.11. The molecule has 0 aliphatic carbocycles. The lowest BCUT2D eigenvalue weighted by Gasteiger charge is -2.12. The molecule has 12 heteroatoms. The van der Waals surface area contributed by atoms with Crippen LogP contribution in [0, 0.1) is 0 Å². The number of fused-ring (bicyclic) bond motifs is 1. The smallest absolute Gasteiger partial charge is 0.405 e. The maximum absolute atomic E-state index is 12.8. The van der Waals surface area contributed by atoms with Gasteiger partial charge in [0.25, 0.3) is 15.9 Å². The van der Waals surface area contributed by atoms with Crippen molar-refractivity contribution < 1.29 is 31.1 Å². The Bertz CT molecular complexity index is 1300. The summed E-state index contributed by atoms with van der Waals surface area (Å²) in [5.41, 5.74) is -0.767. The number of aromatic nitrogens is 1. The van der Waals surface area contributed by atoms with Crippen LogP contribution in [0.3, 0.4) is 0 Å². The van der Waals surface area contributed by atoms with E-state index in [2.05, 4.69) is 9.71 Å². The van der Waals surface area contributed by atoms with Gasteiger partial charge in [-0.05, 0) is 49.4 Å². The first-order valence-corrected chi connectivity index (χ1v) is 10.7. The number of rotatable bonds is 7. The number of ether oxygens (including phenoxy) is 1. The number of nitrogens with one attached hydrogen (secondary N) is 3. The molecule has 0 saturated heterocycles. The molecular weight excluding hydrogens is 451 g/mol. The Morgan fingerprint density at radius 1 is 1.09 bits per heavy atom. The number of anilines is 1. The van der Waals surface area contributed by atoms with Gasteiger partial charge in [0.2, 0.25) is 5.56 Å². The summed E-state index contributed by atoms with van der Waals surface area (Å²) >= 11 is 0. The van der Waals surface area contributed by atoms with Crippen molar-refractivity contribution in [3.05, 3.63) is 64.4 Å². The van der Waals surface area contributed by atoms with Crippen LogP contribution in [-0.4, -0.2) is 38.6 Å². The van der Waals surface area contributed by atoms with Gasteiger partial charge in [-0.25, -0.2) is 8.42 Å². The molecule has 1 amide bonds. The highest BCUT2D eigenvalue weighted by Crippen LogP contribution is 2.24. The summed E-state index contributed by atoms with van der Waals surface area (Å²) in [4.78, 5) is 26.2. The first-order valence-electron chi connectivity index (χ1n) is 9.26. The first kappa shape index (κ1) is 23.1. The highest BCUT2D eigenvalue weighted by atomic mass is 32.2. The van der Waals surface area contributed by atoms with Gasteiger partial charge in [0, 0.05) is 22.7 Å². The molecule has 3 rings (SSSR count). The summed E-state index contributed by atoms with van der Waals surface area (Å²) in [6.07, 6.45) is -4.65. The van der Waals surface area contributed by atoms with Crippen molar-refractivity contribution in [2.24, 2.45) is 0 Å². The fourth-order valence-electron chi connectivity index (χ4n) is 2.86. The maximum Gasteiger partial charge on any atom is 0.405 e. The van der Waals surface area contributed by atoms with Crippen molar-refractivity contribution in [1.82, 2.24) is 10.3 Å². The van der Waals surface area contributed by atoms with Crippen molar-refractivity contribution >= 4 is 32.5 Å². The average Bonchev–Trinajstić information content (AvgIpc) is 2.72. The second-order valence-corrected chi connectivity index (χ2v) is 8.30. The first-order chi connectivity index (χ1) is 15.0. The van der Waals surface area contributed by atoms with Crippen LogP contribution < -0.4 is 20.3 Å². The Labute approximate surface area is 180 Å². The van der Waals surface area contributed by atoms with E-state index >= 15 is 0 Å². The summed E-state index contributed by atoms with van der Waals surface area (Å²) in [6, 6.07) is 10.5. The number of carbonyl (C=O) groups excluding carboxylic acids is 1. The van der Waals surface area contributed by atoms with E-state index in [0.717, 1.165) is 12.1 Å². The van der Waals surface area contributed by atoms with Gasteiger partial charge in [0.05, 0.1) is 17.1 Å². The third-order valence-corrected chi connectivity index (χ3v) is 5.62. The van der Waals surface area contributed by atoms with Gasteiger partial charge in [0.15, 0.2) is 0 Å².